The lowest BCUT2D eigenvalue weighted by atomic mass is 10.2. The summed E-state index contributed by atoms with van der Waals surface area (Å²) in [6, 6.07) is 4.39. The Morgan fingerprint density at radius 3 is 2.44 bits per heavy atom. The first-order valence-corrected chi connectivity index (χ1v) is 5.44. The summed E-state index contributed by atoms with van der Waals surface area (Å²) in [5.74, 6) is -1.26. The Labute approximate surface area is 107 Å². The second-order valence-electron chi connectivity index (χ2n) is 3.53. The van der Waals surface area contributed by atoms with Gasteiger partial charge in [0.15, 0.2) is 0 Å². The molecule has 1 heterocycles. The van der Waals surface area contributed by atoms with E-state index in [1.165, 1.54) is 12.3 Å². The molecule has 0 fully saturated rings. The number of nitrogens with two attached hydrogens (primary N) is 1. The Balaban J connectivity index is 2.28. The van der Waals surface area contributed by atoms with Gasteiger partial charge in [-0.05, 0) is 5.56 Å². The van der Waals surface area contributed by atoms with Gasteiger partial charge in [-0.25, -0.2) is 13.8 Å². The molecule has 0 spiro atoms. The van der Waals surface area contributed by atoms with Gasteiger partial charge in [0.05, 0.1) is 5.02 Å². The quantitative estimate of drug-likeness (QED) is 0.931. The molecule has 0 saturated heterocycles. The normalized spacial score (nSPS) is 10.4. The van der Waals surface area contributed by atoms with Gasteiger partial charge >= 0.3 is 0 Å². The van der Waals surface area contributed by atoms with E-state index >= 15 is 0 Å². The lowest BCUT2D eigenvalue weighted by molar-refractivity contribution is 0.450. The second kappa shape index (κ2) is 5.29. The molecule has 0 aliphatic carbocycles. The van der Waals surface area contributed by atoms with Gasteiger partial charge in [0.1, 0.15) is 17.4 Å². The number of benzene rings is 1. The van der Waals surface area contributed by atoms with E-state index in [4.69, 9.17) is 22.1 Å². The Morgan fingerprint density at radius 2 is 1.83 bits per heavy atom. The zero-order chi connectivity index (χ0) is 13.1. The van der Waals surface area contributed by atoms with Crippen LogP contribution in [-0.4, -0.2) is 4.98 Å². The number of hydrogen-bond donors (Lipinski definition) is 1. The maximum atomic E-state index is 13.0. The standard InChI is InChI=1S/C12H9ClF2N2O/c13-11-6-17-12(1-7(11)5-16)18-10-3-8(14)2-9(15)4-10/h1-4,6H,5,16H2. The molecule has 2 rings (SSSR count). The fourth-order valence-corrected chi connectivity index (χ4v) is 1.56. The summed E-state index contributed by atoms with van der Waals surface area (Å²) in [6.45, 7) is 0.217. The summed E-state index contributed by atoms with van der Waals surface area (Å²) in [7, 11) is 0. The van der Waals surface area contributed by atoms with Crippen molar-refractivity contribution in [2.24, 2.45) is 5.73 Å². The molecule has 18 heavy (non-hydrogen) atoms. The average molecular weight is 271 g/mol. The largest absolute Gasteiger partial charge is 0.439 e. The molecule has 1 aromatic carbocycles. The first-order chi connectivity index (χ1) is 8.58. The molecule has 6 heteroatoms. The highest BCUT2D eigenvalue weighted by Crippen LogP contribution is 2.24. The van der Waals surface area contributed by atoms with Gasteiger partial charge in [0.2, 0.25) is 5.88 Å². The molecule has 0 radical (unpaired) electrons. The van der Waals surface area contributed by atoms with Crippen molar-refractivity contribution in [2.45, 2.75) is 6.54 Å². The number of aromatic nitrogens is 1. The molecule has 0 unspecified atom stereocenters. The van der Waals surface area contributed by atoms with Gasteiger partial charge in [-0.15, -0.1) is 0 Å². The Hall–Kier alpha value is -1.72. The van der Waals surface area contributed by atoms with Crippen molar-refractivity contribution in [1.29, 1.82) is 0 Å². The van der Waals surface area contributed by atoms with Crippen molar-refractivity contribution in [1.82, 2.24) is 4.98 Å². The number of nitrogens with zero attached hydrogens (tertiary/aromatic N) is 1. The molecule has 3 nitrogen and oxygen atoms in total. The molecule has 94 valence electrons. The van der Waals surface area contributed by atoms with E-state index in [0.717, 1.165) is 18.2 Å². The molecule has 0 saturated carbocycles. The minimum Gasteiger partial charge on any atom is -0.439 e. The van der Waals surface area contributed by atoms with Crippen LogP contribution in [0.25, 0.3) is 0 Å². The molecule has 0 bridgehead atoms. The fraction of sp³-hybridized carbons (Fsp3) is 0.0833. The van der Waals surface area contributed by atoms with E-state index in [1.54, 1.807) is 0 Å². The summed E-state index contributed by atoms with van der Waals surface area (Å²) in [4.78, 5) is 3.89. The van der Waals surface area contributed by atoms with Crippen LogP contribution >= 0.6 is 11.6 Å². The highest BCUT2D eigenvalue weighted by Gasteiger charge is 2.06. The lowest BCUT2D eigenvalue weighted by Gasteiger charge is -2.07. The van der Waals surface area contributed by atoms with Gasteiger partial charge in [-0.3, -0.25) is 0 Å². The van der Waals surface area contributed by atoms with Crippen molar-refractivity contribution in [3.05, 3.63) is 52.7 Å². The third-order valence-electron chi connectivity index (χ3n) is 2.19. The zero-order valence-corrected chi connectivity index (χ0v) is 9.92. The monoisotopic (exact) mass is 270 g/mol. The van der Waals surface area contributed by atoms with Crippen molar-refractivity contribution in [3.8, 4) is 11.6 Å². The first-order valence-electron chi connectivity index (χ1n) is 5.07. The highest BCUT2D eigenvalue weighted by atomic mass is 35.5. The number of pyridine rings is 1. The molecule has 0 aliphatic heterocycles. The van der Waals surface area contributed by atoms with Crippen LogP contribution in [-0.2, 0) is 6.54 Å². The first kappa shape index (κ1) is 12.7. The Morgan fingerprint density at radius 1 is 1.17 bits per heavy atom. The molecular weight excluding hydrogens is 262 g/mol. The Kier molecular flexibility index (Phi) is 3.74. The number of halogens is 3. The van der Waals surface area contributed by atoms with E-state index in [0.29, 0.717) is 10.6 Å². The van der Waals surface area contributed by atoms with E-state index < -0.39 is 11.6 Å². The molecule has 1 aromatic heterocycles. The van der Waals surface area contributed by atoms with E-state index in [2.05, 4.69) is 4.98 Å². The van der Waals surface area contributed by atoms with Gasteiger partial charge in [0, 0.05) is 37.0 Å². The van der Waals surface area contributed by atoms with Crippen LogP contribution in [0.1, 0.15) is 5.56 Å². The van der Waals surface area contributed by atoms with Crippen LogP contribution in [0.2, 0.25) is 5.02 Å². The van der Waals surface area contributed by atoms with E-state index in [9.17, 15) is 8.78 Å². The number of ether oxygens (including phenoxy) is 1. The van der Waals surface area contributed by atoms with Crippen LogP contribution in [0.5, 0.6) is 11.6 Å². The third-order valence-corrected chi connectivity index (χ3v) is 2.53. The molecule has 2 aromatic rings. The van der Waals surface area contributed by atoms with Crippen molar-refractivity contribution < 1.29 is 13.5 Å². The van der Waals surface area contributed by atoms with E-state index in [-0.39, 0.29) is 18.2 Å². The predicted molar refractivity (Wildman–Crippen MR) is 63.6 cm³/mol. The topological polar surface area (TPSA) is 48.1 Å². The maximum absolute atomic E-state index is 13.0. The fourth-order valence-electron chi connectivity index (χ4n) is 1.38. The average Bonchev–Trinajstić information content (AvgIpc) is 2.30. The van der Waals surface area contributed by atoms with Crippen molar-refractivity contribution in [3.63, 3.8) is 0 Å². The van der Waals surface area contributed by atoms with Crippen LogP contribution in [0, 0.1) is 11.6 Å². The highest BCUT2D eigenvalue weighted by molar-refractivity contribution is 6.31. The van der Waals surface area contributed by atoms with Crippen LogP contribution in [0.15, 0.2) is 30.5 Å². The van der Waals surface area contributed by atoms with Gasteiger partial charge < -0.3 is 10.5 Å². The Bertz CT molecular complexity index is 558. The summed E-state index contributed by atoms with van der Waals surface area (Å²) >= 11 is 5.83. The van der Waals surface area contributed by atoms with Gasteiger partial charge in [-0.1, -0.05) is 11.6 Å². The van der Waals surface area contributed by atoms with Crippen molar-refractivity contribution >= 4 is 11.6 Å². The van der Waals surface area contributed by atoms with Crippen LogP contribution in [0.3, 0.4) is 0 Å². The third kappa shape index (κ3) is 2.94. The van der Waals surface area contributed by atoms with E-state index in [1.807, 2.05) is 0 Å². The number of hydrogen-bond acceptors (Lipinski definition) is 3. The zero-order valence-electron chi connectivity index (χ0n) is 9.16. The summed E-state index contributed by atoms with van der Waals surface area (Å²) in [6.07, 6.45) is 1.37. The smallest absolute Gasteiger partial charge is 0.219 e. The second-order valence-corrected chi connectivity index (χ2v) is 3.93. The molecule has 2 N–H and O–H groups in total. The SMILES string of the molecule is NCc1cc(Oc2cc(F)cc(F)c2)ncc1Cl. The van der Waals surface area contributed by atoms with Crippen LogP contribution < -0.4 is 10.5 Å². The lowest BCUT2D eigenvalue weighted by Crippen LogP contribution is -1.99. The number of rotatable bonds is 3. The summed E-state index contributed by atoms with van der Waals surface area (Å²) in [5, 5.41) is 0.412. The minimum atomic E-state index is -0.724. The summed E-state index contributed by atoms with van der Waals surface area (Å²) < 4.78 is 31.1. The predicted octanol–water partition coefficient (Wildman–Crippen LogP) is 3.26. The van der Waals surface area contributed by atoms with Crippen molar-refractivity contribution in [2.75, 3.05) is 0 Å². The molecule has 0 aliphatic rings. The molecule has 0 atom stereocenters. The molecule has 0 amide bonds. The molecular formula is C12H9ClF2N2O. The van der Waals surface area contributed by atoms with Gasteiger partial charge in [0.25, 0.3) is 0 Å². The minimum absolute atomic E-state index is 0.0188. The van der Waals surface area contributed by atoms with Crippen LogP contribution in [0.4, 0.5) is 8.78 Å². The van der Waals surface area contributed by atoms with Gasteiger partial charge in [-0.2, -0.15) is 0 Å². The summed E-state index contributed by atoms with van der Waals surface area (Å²) in [5.41, 5.74) is 6.11. The maximum Gasteiger partial charge on any atom is 0.219 e.